The minimum Gasteiger partial charge on any atom is -0.287 e. The number of halogens is 1. The second kappa shape index (κ2) is 6.53. The van der Waals surface area contributed by atoms with Gasteiger partial charge in [0.1, 0.15) is 0 Å². The first-order valence-corrected chi connectivity index (χ1v) is 6.31. The maximum absolute atomic E-state index is 13.4. The Bertz CT molecular complexity index is 346. The van der Waals surface area contributed by atoms with Crippen molar-refractivity contribution in [1.29, 1.82) is 0 Å². The first-order chi connectivity index (χ1) is 7.66. The SMILES string of the molecule is CCCCCC(F)C(=O)C(=O)c1cccs1. The minimum atomic E-state index is -1.64. The number of ketones is 2. The van der Waals surface area contributed by atoms with E-state index in [-0.39, 0.29) is 6.42 Å². The van der Waals surface area contributed by atoms with Gasteiger partial charge in [0, 0.05) is 0 Å². The van der Waals surface area contributed by atoms with E-state index in [1.807, 2.05) is 6.92 Å². The first kappa shape index (κ1) is 13.0. The van der Waals surface area contributed by atoms with E-state index in [2.05, 4.69) is 0 Å². The second-order valence-electron chi connectivity index (χ2n) is 3.63. The maximum atomic E-state index is 13.4. The van der Waals surface area contributed by atoms with Crippen LogP contribution >= 0.6 is 11.3 Å². The van der Waals surface area contributed by atoms with Crippen molar-refractivity contribution in [1.82, 2.24) is 0 Å². The van der Waals surface area contributed by atoms with Crippen LogP contribution in [-0.2, 0) is 4.79 Å². The van der Waals surface area contributed by atoms with Crippen molar-refractivity contribution >= 4 is 22.9 Å². The maximum Gasteiger partial charge on any atom is 0.241 e. The Balaban J connectivity index is 2.47. The quantitative estimate of drug-likeness (QED) is 0.417. The molecule has 0 radical (unpaired) electrons. The number of hydrogen-bond donors (Lipinski definition) is 0. The van der Waals surface area contributed by atoms with Crippen molar-refractivity contribution in [3.05, 3.63) is 22.4 Å². The third kappa shape index (κ3) is 3.52. The van der Waals surface area contributed by atoms with E-state index in [0.29, 0.717) is 11.3 Å². The highest BCUT2D eigenvalue weighted by atomic mass is 32.1. The fourth-order valence-electron chi connectivity index (χ4n) is 1.38. The number of alkyl halides is 1. The molecule has 0 aliphatic carbocycles. The summed E-state index contributed by atoms with van der Waals surface area (Å²) in [7, 11) is 0. The van der Waals surface area contributed by atoms with Crippen LogP contribution in [0.2, 0.25) is 0 Å². The lowest BCUT2D eigenvalue weighted by Crippen LogP contribution is -2.24. The molecular weight excluding hydrogens is 227 g/mol. The molecule has 1 atom stereocenters. The van der Waals surface area contributed by atoms with E-state index >= 15 is 0 Å². The lowest BCUT2D eigenvalue weighted by Gasteiger charge is -2.04. The highest BCUT2D eigenvalue weighted by Gasteiger charge is 2.25. The molecule has 0 N–H and O–H groups in total. The largest absolute Gasteiger partial charge is 0.287 e. The minimum absolute atomic E-state index is 0.157. The van der Waals surface area contributed by atoms with Crippen LogP contribution in [0, 0.1) is 0 Å². The van der Waals surface area contributed by atoms with Crippen molar-refractivity contribution in [3.8, 4) is 0 Å². The lowest BCUT2D eigenvalue weighted by molar-refractivity contribution is -0.119. The first-order valence-electron chi connectivity index (χ1n) is 5.43. The van der Waals surface area contributed by atoms with Crippen LogP contribution in [0.3, 0.4) is 0 Å². The van der Waals surface area contributed by atoms with Gasteiger partial charge < -0.3 is 0 Å². The van der Waals surface area contributed by atoms with E-state index < -0.39 is 17.7 Å². The van der Waals surface area contributed by atoms with Crippen molar-refractivity contribution in [2.24, 2.45) is 0 Å². The standard InChI is InChI=1S/C12H15FO2S/c1-2-3-4-6-9(13)11(14)12(15)10-7-5-8-16-10/h5,7-9H,2-4,6H2,1H3. The summed E-state index contributed by atoms with van der Waals surface area (Å²) in [6, 6.07) is 3.22. The zero-order valence-corrected chi connectivity index (χ0v) is 10.1. The van der Waals surface area contributed by atoms with E-state index in [4.69, 9.17) is 0 Å². The Morgan fingerprint density at radius 2 is 2.19 bits per heavy atom. The predicted molar refractivity (Wildman–Crippen MR) is 62.7 cm³/mol. The van der Waals surface area contributed by atoms with E-state index in [9.17, 15) is 14.0 Å². The van der Waals surface area contributed by atoms with Gasteiger partial charge in [0.2, 0.25) is 11.6 Å². The molecule has 0 spiro atoms. The number of carbonyl (C=O) groups excluding carboxylic acids is 2. The molecule has 2 nitrogen and oxygen atoms in total. The number of Topliss-reactive ketones (excluding diaryl/α,β-unsaturated/α-hetero) is 2. The molecule has 1 aromatic rings. The van der Waals surface area contributed by atoms with Gasteiger partial charge in [-0.1, -0.05) is 32.3 Å². The van der Waals surface area contributed by atoms with Crippen LogP contribution in [0.5, 0.6) is 0 Å². The summed E-state index contributed by atoms with van der Waals surface area (Å²) in [5.41, 5.74) is 0. The summed E-state index contributed by atoms with van der Waals surface area (Å²) in [5, 5.41) is 1.70. The van der Waals surface area contributed by atoms with Crippen LogP contribution in [-0.4, -0.2) is 17.7 Å². The van der Waals surface area contributed by atoms with Crippen LogP contribution in [0.15, 0.2) is 17.5 Å². The fourth-order valence-corrected chi connectivity index (χ4v) is 2.04. The lowest BCUT2D eigenvalue weighted by atomic mass is 10.1. The molecule has 0 amide bonds. The molecule has 1 unspecified atom stereocenters. The molecule has 0 saturated heterocycles. The van der Waals surface area contributed by atoms with Gasteiger partial charge in [-0.25, -0.2) is 4.39 Å². The van der Waals surface area contributed by atoms with E-state index in [1.54, 1.807) is 17.5 Å². The Kier molecular flexibility index (Phi) is 5.32. The number of thiophene rings is 1. The van der Waals surface area contributed by atoms with Gasteiger partial charge in [0.25, 0.3) is 0 Å². The fraction of sp³-hybridized carbons (Fsp3) is 0.500. The molecule has 0 fully saturated rings. The Hall–Kier alpha value is -1.03. The molecule has 4 heteroatoms. The van der Waals surface area contributed by atoms with Gasteiger partial charge in [-0.15, -0.1) is 11.3 Å². The highest BCUT2D eigenvalue weighted by Crippen LogP contribution is 2.14. The zero-order valence-electron chi connectivity index (χ0n) is 9.24. The van der Waals surface area contributed by atoms with Crippen LogP contribution in [0.25, 0.3) is 0 Å². The molecule has 88 valence electrons. The third-order valence-electron chi connectivity index (χ3n) is 2.31. The van der Waals surface area contributed by atoms with Crippen LogP contribution in [0.4, 0.5) is 4.39 Å². The summed E-state index contributed by atoms with van der Waals surface area (Å²) in [4.78, 5) is 23.2. The molecule has 1 heterocycles. The van der Waals surface area contributed by atoms with Crippen molar-refractivity contribution < 1.29 is 14.0 Å². The smallest absolute Gasteiger partial charge is 0.241 e. The average Bonchev–Trinajstić information content (AvgIpc) is 2.80. The van der Waals surface area contributed by atoms with Gasteiger partial charge in [-0.2, -0.15) is 0 Å². The molecule has 0 aliphatic rings. The number of carbonyl (C=O) groups is 2. The van der Waals surface area contributed by atoms with Crippen molar-refractivity contribution in [2.75, 3.05) is 0 Å². The summed E-state index contributed by atoms with van der Waals surface area (Å²) in [6.07, 6.45) is 1.03. The summed E-state index contributed by atoms with van der Waals surface area (Å²) >= 11 is 1.17. The predicted octanol–water partition coefficient (Wildman–Crippen LogP) is 3.42. The summed E-state index contributed by atoms with van der Waals surface area (Å²) in [6.45, 7) is 2.01. The van der Waals surface area contributed by atoms with Gasteiger partial charge in [-0.05, 0) is 17.9 Å². The van der Waals surface area contributed by atoms with Gasteiger partial charge in [0.15, 0.2) is 6.17 Å². The molecule has 0 aliphatic heterocycles. The number of rotatable bonds is 7. The van der Waals surface area contributed by atoms with E-state index in [1.165, 1.54) is 11.3 Å². The van der Waals surface area contributed by atoms with Crippen molar-refractivity contribution in [3.63, 3.8) is 0 Å². The second-order valence-corrected chi connectivity index (χ2v) is 4.58. The van der Waals surface area contributed by atoms with Crippen molar-refractivity contribution in [2.45, 2.75) is 38.8 Å². The van der Waals surface area contributed by atoms with Gasteiger partial charge in [-0.3, -0.25) is 9.59 Å². The Morgan fingerprint density at radius 1 is 1.44 bits per heavy atom. The van der Waals surface area contributed by atoms with E-state index in [0.717, 1.165) is 12.8 Å². The van der Waals surface area contributed by atoms with Gasteiger partial charge >= 0.3 is 0 Å². The monoisotopic (exact) mass is 242 g/mol. The molecule has 1 rings (SSSR count). The van der Waals surface area contributed by atoms with Gasteiger partial charge in [0.05, 0.1) is 4.88 Å². The number of hydrogen-bond acceptors (Lipinski definition) is 3. The normalized spacial score (nSPS) is 12.4. The highest BCUT2D eigenvalue weighted by molar-refractivity contribution is 7.13. The van der Waals surface area contributed by atoms with Crippen LogP contribution < -0.4 is 0 Å². The molecule has 0 saturated carbocycles. The topological polar surface area (TPSA) is 34.1 Å². The molecular formula is C12H15FO2S. The number of unbranched alkanes of at least 4 members (excludes halogenated alkanes) is 2. The Morgan fingerprint density at radius 3 is 2.75 bits per heavy atom. The Labute approximate surface area is 98.5 Å². The molecule has 0 aromatic carbocycles. The third-order valence-corrected chi connectivity index (χ3v) is 3.18. The molecule has 1 aromatic heterocycles. The molecule has 16 heavy (non-hydrogen) atoms. The summed E-state index contributed by atoms with van der Waals surface area (Å²) < 4.78 is 13.4. The average molecular weight is 242 g/mol. The summed E-state index contributed by atoms with van der Waals surface area (Å²) in [5.74, 6) is -1.60. The van der Waals surface area contributed by atoms with Crippen LogP contribution in [0.1, 0.15) is 42.3 Å². The zero-order chi connectivity index (χ0) is 12.0. The molecule has 0 bridgehead atoms.